The topological polar surface area (TPSA) is 30.5 Å². The first-order valence-corrected chi connectivity index (χ1v) is 8.28. The number of ether oxygens (including phenoxy) is 2. The summed E-state index contributed by atoms with van der Waals surface area (Å²) in [4.78, 5) is 0. The zero-order chi connectivity index (χ0) is 14.8. The second-order valence-corrected chi connectivity index (χ2v) is 6.62. The van der Waals surface area contributed by atoms with Crippen molar-refractivity contribution in [3.8, 4) is 11.5 Å². The zero-order valence-electron chi connectivity index (χ0n) is 11.5. The molecule has 1 N–H and O–H groups in total. The van der Waals surface area contributed by atoms with Crippen LogP contribution in [0.2, 0.25) is 0 Å². The molecule has 0 aliphatic carbocycles. The van der Waals surface area contributed by atoms with Crippen molar-refractivity contribution < 1.29 is 9.47 Å². The first-order valence-electron chi connectivity index (χ1n) is 6.69. The molecule has 0 amide bonds. The second kappa shape index (κ2) is 6.38. The van der Waals surface area contributed by atoms with E-state index in [1.54, 1.807) is 0 Å². The van der Waals surface area contributed by atoms with Gasteiger partial charge in [-0.25, -0.2) is 0 Å². The molecule has 0 fully saturated rings. The van der Waals surface area contributed by atoms with Crippen LogP contribution in [0.25, 0.3) is 0 Å². The molecular formula is C16H15Br2NO2. The highest BCUT2D eigenvalue weighted by atomic mass is 79.9. The predicted octanol–water partition coefficient (Wildman–Crippen LogP) is 4.31. The minimum absolute atomic E-state index is 0.0326. The first-order chi connectivity index (χ1) is 10.2. The van der Waals surface area contributed by atoms with Crippen molar-refractivity contribution in [1.82, 2.24) is 5.32 Å². The summed E-state index contributed by atoms with van der Waals surface area (Å²) in [5.41, 5.74) is 1.14. The maximum Gasteiger partial charge on any atom is 0.161 e. The Bertz CT molecular complexity index is 648. The molecular weight excluding hydrogens is 398 g/mol. The summed E-state index contributed by atoms with van der Waals surface area (Å²) < 4.78 is 14.0. The van der Waals surface area contributed by atoms with Crippen molar-refractivity contribution in [2.75, 3.05) is 13.7 Å². The maximum atomic E-state index is 6.11. The molecule has 110 valence electrons. The molecule has 0 bridgehead atoms. The Balaban J connectivity index is 1.90. The van der Waals surface area contributed by atoms with Crippen LogP contribution in [-0.2, 0) is 0 Å². The molecule has 0 spiro atoms. The number of likely N-dealkylation sites (N-methyl/N-ethyl adjacent to an activating group) is 1. The smallest absolute Gasteiger partial charge is 0.161 e. The maximum absolute atomic E-state index is 6.11. The number of hydrogen-bond donors (Lipinski definition) is 1. The van der Waals surface area contributed by atoms with Crippen LogP contribution in [0.15, 0.2) is 51.4 Å². The van der Waals surface area contributed by atoms with Gasteiger partial charge in [0.25, 0.3) is 0 Å². The summed E-state index contributed by atoms with van der Waals surface area (Å²) in [5.74, 6) is 1.59. The highest BCUT2D eigenvalue weighted by molar-refractivity contribution is 9.11. The van der Waals surface area contributed by atoms with Crippen molar-refractivity contribution in [1.29, 1.82) is 0 Å². The van der Waals surface area contributed by atoms with E-state index in [0.717, 1.165) is 26.0 Å². The van der Waals surface area contributed by atoms with Crippen molar-refractivity contribution in [2.45, 2.75) is 12.1 Å². The number of rotatable bonds is 3. The van der Waals surface area contributed by atoms with Crippen molar-refractivity contribution in [2.24, 2.45) is 0 Å². The van der Waals surface area contributed by atoms with Crippen molar-refractivity contribution in [3.05, 3.63) is 57.0 Å². The third-order valence-electron chi connectivity index (χ3n) is 3.51. The van der Waals surface area contributed by atoms with Gasteiger partial charge in [0.15, 0.2) is 17.6 Å². The van der Waals surface area contributed by atoms with Gasteiger partial charge in [-0.05, 0) is 42.9 Å². The van der Waals surface area contributed by atoms with Crippen LogP contribution < -0.4 is 14.8 Å². The normalized spacial score (nSPS) is 18.3. The Hall–Kier alpha value is -1.04. The monoisotopic (exact) mass is 411 g/mol. The number of fused-ring (bicyclic) bond motifs is 1. The number of benzene rings is 2. The molecule has 1 aliphatic heterocycles. The molecule has 0 saturated heterocycles. The van der Waals surface area contributed by atoms with Gasteiger partial charge in [-0.2, -0.15) is 0 Å². The van der Waals surface area contributed by atoms with Gasteiger partial charge in [0, 0.05) is 8.95 Å². The summed E-state index contributed by atoms with van der Waals surface area (Å²) in [7, 11) is 1.93. The molecule has 0 saturated carbocycles. The van der Waals surface area contributed by atoms with Crippen LogP contribution >= 0.6 is 31.9 Å². The lowest BCUT2D eigenvalue weighted by molar-refractivity contribution is 0.0636. The molecule has 1 aliphatic rings. The third-order valence-corrected chi connectivity index (χ3v) is 4.72. The number of hydrogen-bond acceptors (Lipinski definition) is 3. The minimum Gasteiger partial charge on any atom is -0.486 e. The summed E-state index contributed by atoms with van der Waals surface area (Å²) in [6.45, 7) is 0.515. The molecule has 1 heterocycles. The van der Waals surface area contributed by atoms with E-state index >= 15 is 0 Å². The van der Waals surface area contributed by atoms with Gasteiger partial charge < -0.3 is 14.8 Å². The lowest BCUT2D eigenvalue weighted by Crippen LogP contribution is -2.40. The SMILES string of the molecule is CNC(c1cc(Br)ccc1Br)C1COc2ccccc2O1. The molecule has 2 aromatic rings. The van der Waals surface area contributed by atoms with Gasteiger partial charge in [0.1, 0.15) is 6.61 Å². The molecule has 2 atom stereocenters. The predicted molar refractivity (Wildman–Crippen MR) is 90.0 cm³/mol. The number of para-hydroxylation sites is 2. The fraction of sp³-hybridized carbons (Fsp3) is 0.250. The third kappa shape index (κ3) is 3.10. The summed E-state index contributed by atoms with van der Waals surface area (Å²) in [6.07, 6.45) is -0.0875. The van der Waals surface area contributed by atoms with Gasteiger partial charge in [-0.15, -0.1) is 0 Å². The first kappa shape index (κ1) is 14.9. The van der Waals surface area contributed by atoms with Gasteiger partial charge >= 0.3 is 0 Å². The average Bonchev–Trinajstić information content (AvgIpc) is 2.51. The molecule has 0 aromatic heterocycles. The van der Waals surface area contributed by atoms with Gasteiger partial charge in [0.2, 0.25) is 0 Å². The van der Waals surface area contributed by atoms with Gasteiger partial charge in [-0.1, -0.05) is 44.0 Å². The lowest BCUT2D eigenvalue weighted by Gasteiger charge is -2.32. The van der Waals surface area contributed by atoms with Crippen LogP contribution in [0.5, 0.6) is 11.5 Å². The second-order valence-electron chi connectivity index (χ2n) is 4.85. The Labute approximate surface area is 140 Å². The van der Waals surface area contributed by atoms with Crippen LogP contribution in [-0.4, -0.2) is 19.8 Å². The fourth-order valence-corrected chi connectivity index (χ4v) is 3.37. The molecule has 2 unspecified atom stereocenters. The Morgan fingerprint density at radius 2 is 1.90 bits per heavy atom. The van der Waals surface area contributed by atoms with Crippen LogP contribution in [0.1, 0.15) is 11.6 Å². The highest BCUT2D eigenvalue weighted by Gasteiger charge is 2.30. The molecule has 0 radical (unpaired) electrons. The lowest BCUT2D eigenvalue weighted by atomic mass is 10.0. The molecule has 2 aromatic carbocycles. The molecule has 5 heteroatoms. The molecule has 21 heavy (non-hydrogen) atoms. The zero-order valence-corrected chi connectivity index (χ0v) is 14.6. The largest absolute Gasteiger partial charge is 0.486 e. The summed E-state index contributed by atoms with van der Waals surface area (Å²) >= 11 is 7.14. The number of halogens is 2. The van der Waals surface area contributed by atoms with Gasteiger partial charge in [-0.3, -0.25) is 0 Å². The number of nitrogens with one attached hydrogen (secondary N) is 1. The van der Waals surface area contributed by atoms with Crippen molar-refractivity contribution in [3.63, 3.8) is 0 Å². The Kier molecular flexibility index (Phi) is 4.52. The van der Waals surface area contributed by atoms with E-state index < -0.39 is 0 Å². The standard InChI is InChI=1S/C16H15Br2NO2/c1-19-16(11-8-10(17)6-7-12(11)18)15-9-20-13-4-2-3-5-14(13)21-15/h2-8,15-16,19H,9H2,1H3. The van der Waals surface area contributed by atoms with E-state index in [2.05, 4.69) is 43.2 Å². The van der Waals surface area contributed by atoms with E-state index in [0.29, 0.717) is 6.61 Å². The summed E-state index contributed by atoms with van der Waals surface area (Å²) in [6, 6.07) is 13.9. The summed E-state index contributed by atoms with van der Waals surface area (Å²) in [5, 5.41) is 3.33. The molecule has 3 nitrogen and oxygen atoms in total. The van der Waals surface area contributed by atoms with E-state index in [1.807, 2.05) is 43.4 Å². The van der Waals surface area contributed by atoms with E-state index in [-0.39, 0.29) is 12.1 Å². The fourth-order valence-electron chi connectivity index (χ4n) is 2.49. The Morgan fingerprint density at radius 3 is 2.67 bits per heavy atom. The van der Waals surface area contributed by atoms with Crippen molar-refractivity contribution >= 4 is 31.9 Å². The minimum atomic E-state index is -0.0875. The highest BCUT2D eigenvalue weighted by Crippen LogP contribution is 2.36. The quantitative estimate of drug-likeness (QED) is 0.814. The Morgan fingerprint density at radius 1 is 1.14 bits per heavy atom. The van der Waals surface area contributed by atoms with Crippen LogP contribution in [0.3, 0.4) is 0 Å². The van der Waals surface area contributed by atoms with Crippen LogP contribution in [0.4, 0.5) is 0 Å². The van der Waals surface area contributed by atoms with E-state index in [4.69, 9.17) is 9.47 Å². The van der Waals surface area contributed by atoms with E-state index in [1.165, 1.54) is 0 Å². The van der Waals surface area contributed by atoms with Gasteiger partial charge in [0.05, 0.1) is 6.04 Å². The van der Waals surface area contributed by atoms with E-state index in [9.17, 15) is 0 Å². The molecule has 3 rings (SSSR count). The average molecular weight is 413 g/mol. The van der Waals surface area contributed by atoms with Crippen LogP contribution in [0, 0.1) is 0 Å².